The third-order valence-corrected chi connectivity index (χ3v) is 6.64. The van der Waals surface area contributed by atoms with Crippen LogP contribution in [0.1, 0.15) is 15.9 Å². The van der Waals surface area contributed by atoms with Crippen molar-refractivity contribution in [3.05, 3.63) is 95.3 Å². The molecule has 2 N–H and O–H groups in total. The molecule has 5 rings (SSSR count). The summed E-state index contributed by atoms with van der Waals surface area (Å²) in [5.41, 5.74) is 1.82. The van der Waals surface area contributed by atoms with Crippen molar-refractivity contribution in [3.63, 3.8) is 0 Å². The number of hydrogen-bond donors (Lipinski definition) is 2. The van der Waals surface area contributed by atoms with Crippen LogP contribution in [0.15, 0.2) is 79.1 Å². The van der Waals surface area contributed by atoms with Crippen LogP contribution in [-0.2, 0) is 20.8 Å². The van der Waals surface area contributed by atoms with Gasteiger partial charge in [0.25, 0.3) is 0 Å². The van der Waals surface area contributed by atoms with Crippen molar-refractivity contribution in [2.45, 2.75) is 12.5 Å². The second-order valence-corrected chi connectivity index (χ2v) is 9.36. The summed E-state index contributed by atoms with van der Waals surface area (Å²) in [5.74, 6) is -3.42. The van der Waals surface area contributed by atoms with Crippen LogP contribution in [0.25, 0.3) is 5.69 Å². The molecule has 1 atom stereocenters. The number of benzene rings is 3. The number of carbonyl (C=O) groups excluding carboxylic acids is 3. The lowest BCUT2D eigenvalue weighted by Gasteiger charge is -2.38. The third kappa shape index (κ3) is 5.52. The minimum atomic E-state index is -1.14. The topological polar surface area (TPSA) is 151 Å². The first-order valence-corrected chi connectivity index (χ1v) is 12.5. The van der Waals surface area contributed by atoms with E-state index in [-0.39, 0.29) is 30.8 Å². The lowest BCUT2D eigenvalue weighted by atomic mass is 10.0. The van der Waals surface area contributed by atoms with Crippen molar-refractivity contribution in [1.29, 1.82) is 0 Å². The number of anilines is 2. The number of aromatic carboxylic acids is 1. The Morgan fingerprint density at radius 1 is 0.950 bits per heavy atom. The van der Waals surface area contributed by atoms with Crippen molar-refractivity contribution in [1.82, 2.24) is 25.1 Å². The van der Waals surface area contributed by atoms with E-state index < -0.39 is 29.7 Å². The Balaban J connectivity index is 1.43. The number of aromatic nitrogens is 4. The van der Waals surface area contributed by atoms with E-state index in [1.54, 1.807) is 24.3 Å². The van der Waals surface area contributed by atoms with Crippen LogP contribution in [0.5, 0.6) is 0 Å². The quantitative estimate of drug-likeness (QED) is 0.312. The molecule has 0 unspecified atom stereocenters. The molecular formula is C27H22ClN7O5. The summed E-state index contributed by atoms with van der Waals surface area (Å²) in [6.45, 7) is 0.124. The van der Waals surface area contributed by atoms with E-state index in [2.05, 4.69) is 20.8 Å². The van der Waals surface area contributed by atoms with E-state index in [9.17, 15) is 24.3 Å². The van der Waals surface area contributed by atoms with Gasteiger partial charge >= 0.3 is 17.8 Å². The maximum atomic E-state index is 13.5. The molecule has 1 saturated heterocycles. The highest BCUT2D eigenvalue weighted by Crippen LogP contribution is 2.30. The predicted octanol–water partition coefficient (Wildman–Crippen LogP) is 2.44. The first-order valence-electron chi connectivity index (χ1n) is 12.2. The summed E-state index contributed by atoms with van der Waals surface area (Å²) < 4.78 is 1.35. The van der Waals surface area contributed by atoms with Gasteiger partial charge in [0.15, 0.2) is 0 Å². The molecule has 0 saturated carbocycles. The Morgan fingerprint density at radius 3 is 2.48 bits per heavy atom. The molecule has 3 aromatic carbocycles. The molecule has 2 heterocycles. The van der Waals surface area contributed by atoms with E-state index in [1.807, 2.05) is 30.3 Å². The molecule has 1 fully saturated rings. The Bertz CT molecular complexity index is 1580. The Labute approximate surface area is 232 Å². The van der Waals surface area contributed by atoms with E-state index in [0.29, 0.717) is 16.4 Å². The fraction of sp³-hybridized carbons (Fsp3) is 0.148. The predicted molar refractivity (Wildman–Crippen MR) is 144 cm³/mol. The zero-order valence-corrected chi connectivity index (χ0v) is 21.6. The number of nitrogens with zero attached hydrogens (tertiary/aromatic N) is 6. The monoisotopic (exact) mass is 559 g/mol. The first-order chi connectivity index (χ1) is 19.3. The zero-order chi connectivity index (χ0) is 28.2. The molecule has 1 aliphatic rings. The molecule has 1 aromatic heterocycles. The van der Waals surface area contributed by atoms with Gasteiger partial charge in [-0.3, -0.25) is 14.4 Å². The van der Waals surface area contributed by atoms with Gasteiger partial charge in [0, 0.05) is 30.2 Å². The molecular weight excluding hydrogens is 538 g/mol. The van der Waals surface area contributed by atoms with Gasteiger partial charge in [-0.2, -0.15) is 4.68 Å². The van der Waals surface area contributed by atoms with Crippen LogP contribution >= 0.6 is 11.6 Å². The van der Waals surface area contributed by atoms with Gasteiger partial charge in [-0.05, 0) is 52.4 Å². The Morgan fingerprint density at radius 2 is 1.75 bits per heavy atom. The van der Waals surface area contributed by atoms with E-state index >= 15 is 0 Å². The molecule has 0 radical (unpaired) electrons. The Hall–Kier alpha value is -5.10. The average molecular weight is 560 g/mol. The lowest BCUT2D eigenvalue weighted by molar-refractivity contribution is -0.149. The number of rotatable bonds is 8. The number of tetrazole rings is 1. The minimum absolute atomic E-state index is 0.00261. The van der Waals surface area contributed by atoms with Gasteiger partial charge in [0.05, 0.1) is 16.9 Å². The van der Waals surface area contributed by atoms with E-state index in [4.69, 9.17) is 11.6 Å². The zero-order valence-electron chi connectivity index (χ0n) is 20.8. The summed E-state index contributed by atoms with van der Waals surface area (Å²) >= 11 is 6.22. The van der Waals surface area contributed by atoms with Gasteiger partial charge < -0.3 is 20.2 Å². The highest BCUT2D eigenvalue weighted by Gasteiger charge is 2.40. The van der Waals surface area contributed by atoms with Crippen molar-refractivity contribution in [2.75, 3.05) is 23.3 Å². The number of piperazine rings is 1. The first kappa shape index (κ1) is 26.5. The smallest absolute Gasteiger partial charge is 0.335 e. The van der Waals surface area contributed by atoms with Gasteiger partial charge in [0.2, 0.25) is 5.91 Å². The van der Waals surface area contributed by atoms with Crippen LogP contribution < -0.4 is 10.2 Å². The molecule has 0 bridgehead atoms. The minimum Gasteiger partial charge on any atom is -0.478 e. The fourth-order valence-electron chi connectivity index (χ4n) is 4.49. The molecule has 13 heteroatoms. The van der Waals surface area contributed by atoms with Crippen molar-refractivity contribution in [3.8, 4) is 5.69 Å². The summed E-state index contributed by atoms with van der Waals surface area (Å²) in [6, 6.07) is 18.6. The average Bonchev–Trinajstić information content (AvgIpc) is 3.49. The summed E-state index contributed by atoms with van der Waals surface area (Å²) in [5, 5.41) is 23.5. The second-order valence-electron chi connectivity index (χ2n) is 8.92. The van der Waals surface area contributed by atoms with Crippen LogP contribution in [0, 0.1) is 0 Å². The van der Waals surface area contributed by atoms with Gasteiger partial charge in [-0.15, -0.1) is 5.10 Å². The molecule has 0 aliphatic carbocycles. The number of carbonyl (C=O) groups is 4. The van der Waals surface area contributed by atoms with Crippen LogP contribution in [0.4, 0.5) is 11.4 Å². The summed E-state index contributed by atoms with van der Waals surface area (Å²) in [4.78, 5) is 54.4. The van der Waals surface area contributed by atoms with Gasteiger partial charge in [-0.25, -0.2) is 4.79 Å². The molecule has 4 aromatic rings. The number of carboxylic acid groups (broad SMARTS) is 1. The maximum absolute atomic E-state index is 13.5. The summed E-state index contributed by atoms with van der Waals surface area (Å²) in [7, 11) is 0. The highest BCUT2D eigenvalue weighted by molar-refractivity contribution is 6.41. The SMILES string of the molecule is O=C(O)c1cccc(NC(=O)[C@H](Cc2ccccc2)N2CCN(c3cc(Cl)ccc3-n3cnnn3)C(=O)C2=O)c1. The molecule has 40 heavy (non-hydrogen) atoms. The number of nitrogens with one attached hydrogen (secondary N) is 1. The fourth-order valence-corrected chi connectivity index (χ4v) is 4.66. The normalized spacial score (nSPS) is 14.2. The highest BCUT2D eigenvalue weighted by atomic mass is 35.5. The third-order valence-electron chi connectivity index (χ3n) is 6.41. The van der Waals surface area contributed by atoms with Gasteiger partial charge in [-0.1, -0.05) is 48.0 Å². The summed E-state index contributed by atoms with van der Waals surface area (Å²) in [6.07, 6.45) is 1.49. The molecule has 0 spiro atoms. The van der Waals surface area contributed by atoms with E-state index in [1.165, 1.54) is 39.0 Å². The number of halogens is 1. The van der Waals surface area contributed by atoms with Crippen LogP contribution in [-0.4, -0.2) is 73.0 Å². The second kappa shape index (κ2) is 11.3. The number of hydrogen-bond acceptors (Lipinski definition) is 7. The Kier molecular flexibility index (Phi) is 7.51. The molecule has 202 valence electrons. The standard InChI is InChI=1S/C27H22ClN7O5/c28-19-9-10-21(35-16-29-31-32-35)22(15-19)33-11-12-34(26(38)25(33)37)23(13-17-5-2-1-3-6-17)24(36)30-20-8-4-7-18(14-20)27(39)40/h1-10,14-16,23H,11-13H2,(H,30,36)(H,39,40)/t23-/m0/s1. The van der Waals surface area contributed by atoms with Crippen LogP contribution in [0.2, 0.25) is 5.02 Å². The van der Waals surface area contributed by atoms with Crippen molar-refractivity contribution < 1.29 is 24.3 Å². The van der Waals surface area contributed by atoms with Crippen LogP contribution in [0.3, 0.4) is 0 Å². The van der Waals surface area contributed by atoms with E-state index in [0.717, 1.165) is 5.56 Å². The van der Waals surface area contributed by atoms with Crippen molar-refractivity contribution in [2.24, 2.45) is 0 Å². The number of amides is 3. The molecule has 1 aliphatic heterocycles. The lowest BCUT2D eigenvalue weighted by Crippen LogP contribution is -2.60. The van der Waals surface area contributed by atoms with Gasteiger partial charge in [0.1, 0.15) is 12.4 Å². The maximum Gasteiger partial charge on any atom is 0.335 e. The molecule has 12 nitrogen and oxygen atoms in total. The molecule has 3 amide bonds. The largest absolute Gasteiger partial charge is 0.478 e. The van der Waals surface area contributed by atoms with Crippen molar-refractivity contribution >= 4 is 46.7 Å². The number of carboxylic acids is 1.